The zero-order valence-electron chi connectivity index (χ0n) is 14.2. The molecule has 2 amide bonds. The van der Waals surface area contributed by atoms with Gasteiger partial charge in [0.15, 0.2) is 0 Å². The van der Waals surface area contributed by atoms with Crippen LogP contribution in [0.3, 0.4) is 0 Å². The Hall–Kier alpha value is -2.02. The first-order valence-corrected chi connectivity index (χ1v) is 8.90. The number of aryl methyl sites for hydroxylation is 1. The van der Waals surface area contributed by atoms with Crippen molar-refractivity contribution in [3.05, 3.63) is 29.8 Å². The molecule has 0 fully saturated rings. The van der Waals surface area contributed by atoms with Crippen molar-refractivity contribution in [3.63, 3.8) is 0 Å². The van der Waals surface area contributed by atoms with Crippen LogP contribution in [0.4, 0.5) is 5.69 Å². The Kier molecular flexibility index (Phi) is 8.32. The third-order valence-corrected chi connectivity index (χ3v) is 4.22. The Bertz CT molecular complexity index is 572. The van der Waals surface area contributed by atoms with Crippen LogP contribution in [0.2, 0.25) is 0 Å². The SMILES string of the molecule is Cc1ccc(NC(=O)CSCC(=O)N(CCC(=O)O)C(C)C)cc1. The van der Waals surface area contributed by atoms with Gasteiger partial charge in [0.05, 0.1) is 17.9 Å². The summed E-state index contributed by atoms with van der Waals surface area (Å²) in [5.41, 5.74) is 1.84. The molecule has 1 aromatic rings. The molecule has 1 aromatic carbocycles. The first-order chi connectivity index (χ1) is 11.3. The summed E-state index contributed by atoms with van der Waals surface area (Å²) in [5, 5.41) is 11.5. The van der Waals surface area contributed by atoms with E-state index in [2.05, 4.69) is 5.32 Å². The summed E-state index contributed by atoms with van der Waals surface area (Å²) >= 11 is 1.22. The Morgan fingerprint density at radius 1 is 1.17 bits per heavy atom. The second kappa shape index (κ2) is 9.97. The number of anilines is 1. The number of benzene rings is 1. The molecule has 0 saturated heterocycles. The molecule has 0 saturated carbocycles. The summed E-state index contributed by atoms with van der Waals surface area (Å²) < 4.78 is 0. The maximum absolute atomic E-state index is 12.2. The largest absolute Gasteiger partial charge is 0.481 e. The topological polar surface area (TPSA) is 86.7 Å². The molecular formula is C17H24N2O4S. The molecule has 132 valence electrons. The third-order valence-electron chi connectivity index (χ3n) is 3.30. The van der Waals surface area contributed by atoms with Crippen molar-refractivity contribution in [2.75, 3.05) is 23.4 Å². The van der Waals surface area contributed by atoms with Gasteiger partial charge in [-0.2, -0.15) is 0 Å². The lowest BCUT2D eigenvalue weighted by molar-refractivity contribution is -0.138. The normalized spacial score (nSPS) is 10.5. The van der Waals surface area contributed by atoms with Crippen molar-refractivity contribution in [2.45, 2.75) is 33.2 Å². The van der Waals surface area contributed by atoms with Crippen LogP contribution in [-0.2, 0) is 14.4 Å². The highest BCUT2D eigenvalue weighted by Crippen LogP contribution is 2.11. The third kappa shape index (κ3) is 7.50. The van der Waals surface area contributed by atoms with Gasteiger partial charge in [0.1, 0.15) is 0 Å². The van der Waals surface area contributed by atoms with Gasteiger partial charge in [-0.25, -0.2) is 0 Å². The van der Waals surface area contributed by atoms with E-state index in [1.54, 1.807) is 0 Å². The Morgan fingerprint density at radius 2 is 1.79 bits per heavy atom. The van der Waals surface area contributed by atoms with Crippen molar-refractivity contribution in [2.24, 2.45) is 0 Å². The van der Waals surface area contributed by atoms with Gasteiger partial charge in [-0.05, 0) is 32.9 Å². The fourth-order valence-corrected chi connectivity index (χ4v) is 2.73. The molecule has 0 aliphatic carbocycles. The van der Waals surface area contributed by atoms with Gasteiger partial charge in [-0.15, -0.1) is 11.8 Å². The van der Waals surface area contributed by atoms with E-state index in [9.17, 15) is 14.4 Å². The molecule has 0 bridgehead atoms. The molecule has 6 nitrogen and oxygen atoms in total. The van der Waals surface area contributed by atoms with Crippen LogP contribution in [0.1, 0.15) is 25.8 Å². The van der Waals surface area contributed by atoms with E-state index in [0.717, 1.165) is 11.3 Å². The van der Waals surface area contributed by atoms with E-state index in [4.69, 9.17) is 5.11 Å². The minimum atomic E-state index is -0.932. The summed E-state index contributed by atoms with van der Waals surface area (Å²) in [6.45, 7) is 5.84. The zero-order valence-corrected chi connectivity index (χ0v) is 15.1. The van der Waals surface area contributed by atoms with Crippen molar-refractivity contribution >= 4 is 35.2 Å². The molecule has 0 spiro atoms. The van der Waals surface area contributed by atoms with Crippen LogP contribution in [0, 0.1) is 6.92 Å². The number of amides is 2. The highest BCUT2D eigenvalue weighted by molar-refractivity contribution is 8.00. The van der Waals surface area contributed by atoms with Gasteiger partial charge < -0.3 is 15.3 Å². The predicted octanol–water partition coefficient (Wildman–Crippen LogP) is 2.38. The van der Waals surface area contributed by atoms with Crippen molar-refractivity contribution in [3.8, 4) is 0 Å². The predicted molar refractivity (Wildman–Crippen MR) is 96.2 cm³/mol. The number of thioether (sulfide) groups is 1. The lowest BCUT2D eigenvalue weighted by atomic mass is 10.2. The fraction of sp³-hybridized carbons (Fsp3) is 0.471. The van der Waals surface area contributed by atoms with E-state index in [1.165, 1.54) is 16.7 Å². The Balaban J connectivity index is 2.38. The number of hydrogen-bond acceptors (Lipinski definition) is 4. The zero-order chi connectivity index (χ0) is 18.1. The second-order valence-corrected chi connectivity index (χ2v) is 6.72. The highest BCUT2D eigenvalue weighted by Gasteiger charge is 2.18. The quantitative estimate of drug-likeness (QED) is 0.712. The van der Waals surface area contributed by atoms with Gasteiger partial charge in [-0.3, -0.25) is 14.4 Å². The molecule has 1 rings (SSSR count). The number of aliphatic carboxylic acids is 1. The first kappa shape index (κ1) is 20.0. The van der Waals surface area contributed by atoms with E-state index in [0.29, 0.717) is 0 Å². The number of rotatable bonds is 9. The summed E-state index contributed by atoms with van der Waals surface area (Å²) in [6, 6.07) is 7.41. The molecule has 2 N–H and O–H groups in total. The molecule has 0 atom stereocenters. The van der Waals surface area contributed by atoms with Crippen LogP contribution >= 0.6 is 11.8 Å². The summed E-state index contributed by atoms with van der Waals surface area (Å²) in [7, 11) is 0. The van der Waals surface area contributed by atoms with Crippen LogP contribution in [0.5, 0.6) is 0 Å². The summed E-state index contributed by atoms with van der Waals surface area (Å²) in [5.74, 6) is -0.930. The number of nitrogens with one attached hydrogen (secondary N) is 1. The monoisotopic (exact) mass is 352 g/mol. The number of carbonyl (C=O) groups is 3. The smallest absolute Gasteiger partial charge is 0.305 e. The van der Waals surface area contributed by atoms with Crippen LogP contribution in [0.15, 0.2) is 24.3 Å². The molecule has 0 heterocycles. The van der Waals surface area contributed by atoms with Gasteiger partial charge >= 0.3 is 5.97 Å². The maximum atomic E-state index is 12.2. The highest BCUT2D eigenvalue weighted by atomic mass is 32.2. The van der Waals surface area contributed by atoms with Gasteiger partial charge in [0.25, 0.3) is 0 Å². The Labute approximate surface area is 146 Å². The Morgan fingerprint density at radius 3 is 2.33 bits per heavy atom. The van der Waals surface area contributed by atoms with E-state index < -0.39 is 5.97 Å². The molecule has 0 aliphatic heterocycles. The minimum Gasteiger partial charge on any atom is -0.481 e. The molecule has 7 heteroatoms. The van der Waals surface area contributed by atoms with Gasteiger partial charge in [0, 0.05) is 18.3 Å². The number of nitrogens with zero attached hydrogens (tertiary/aromatic N) is 1. The van der Waals surface area contributed by atoms with Crippen LogP contribution in [0.25, 0.3) is 0 Å². The minimum absolute atomic E-state index is 0.0705. The molecular weight excluding hydrogens is 328 g/mol. The average Bonchev–Trinajstić information content (AvgIpc) is 2.49. The number of carboxylic acids is 1. The van der Waals surface area contributed by atoms with Gasteiger partial charge in [0.2, 0.25) is 11.8 Å². The molecule has 24 heavy (non-hydrogen) atoms. The van der Waals surface area contributed by atoms with Crippen molar-refractivity contribution < 1.29 is 19.5 Å². The lowest BCUT2D eigenvalue weighted by Crippen LogP contribution is -2.39. The summed E-state index contributed by atoms with van der Waals surface area (Å²) in [6.07, 6.45) is -0.0809. The fourth-order valence-electron chi connectivity index (χ4n) is 2.03. The maximum Gasteiger partial charge on any atom is 0.305 e. The van der Waals surface area contributed by atoms with E-state index in [-0.39, 0.29) is 42.3 Å². The standard InChI is InChI=1S/C17H24N2O4S/c1-12(2)19(9-8-17(22)23)16(21)11-24-10-15(20)18-14-6-4-13(3)5-7-14/h4-7,12H,8-11H2,1-3H3,(H,18,20)(H,22,23). The van der Waals surface area contributed by atoms with Crippen molar-refractivity contribution in [1.29, 1.82) is 0 Å². The molecule has 0 unspecified atom stereocenters. The van der Waals surface area contributed by atoms with E-state index >= 15 is 0 Å². The van der Waals surface area contributed by atoms with Crippen molar-refractivity contribution in [1.82, 2.24) is 4.90 Å². The van der Waals surface area contributed by atoms with Crippen LogP contribution in [-0.4, -0.2) is 51.9 Å². The summed E-state index contributed by atoms with van der Waals surface area (Å²) in [4.78, 5) is 36.2. The van der Waals surface area contributed by atoms with Gasteiger partial charge in [-0.1, -0.05) is 17.7 Å². The number of carbonyl (C=O) groups excluding carboxylic acids is 2. The van der Waals surface area contributed by atoms with Crippen LogP contribution < -0.4 is 5.32 Å². The number of hydrogen-bond donors (Lipinski definition) is 2. The number of carboxylic acid groups (broad SMARTS) is 1. The average molecular weight is 352 g/mol. The molecule has 0 aliphatic rings. The van der Waals surface area contributed by atoms with E-state index in [1.807, 2.05) is 45.0 Å². The molecule has 0 radical (unpaired) electrons. The second-order valence-electron chi connectivity index (χ2n) is 5.73. The molecule has 0 aromatic heterocycles. The first-order valence-electron chi connectivity index (χ1n) is 7.75. The lowest BCUT2D eigenvalue weighted by Gasteiger charge is -2.26.